The number of hydrogen-bond acceptors (Lipinski definition) is 4. The molecule has 0 atom stereocenters. The summed E-state index contributed by atoms with van der Waals surface area (Å²) in [6.07, 6.45) is 0.813. The molecule has 1 N–H and O–H groups in total. The first-order valence-corrected chi connectivity index (χ1v) is 8.83. The van der Waals surface area contributed by atoms with Crippen LogP contribution < -0.4 is 14.8 Å². The molecule has 7 heteroatoms. The van der Waals surface area contributed by atoms with E-state index in [9.17, 15) is 9.18 Å². The van der Waals surface area contributed by atoms with Gasteiger partial charge in [-0.15, -0.1) is 0 Å². The third-order valence-corrected chi connectivity index (χ3v) is 4.22. The van der Waals surface area contributed by atoms with Crippen LogP contribution in [-0.4, -0.2) is 29.9 Å². The molecule has 0 saturated carbocycles. The molecule has 1 amide bonds. The van der Waals surface area contributed by atoms with Crippen molar-refractivity contribution in [3.05, 3.63) is 65.6 Å². The van der Waals surface area contributed by atoms with E-state index in [2.05, 4.69) is 10.4 Å². The van der Waals surface area contributed by atoms with E-state index in [1.165, 1.54) is 12.1 Å². The second kappa shape index (κ2) is 8.56. The largest absolute Gasteiger partial charge is 0.497 e. The Bertz CT molecular complexity index is 945. The number of rotatable bonds is 7. The number of aromatic nitrogens is 2. The average Bonchev–Trinajstić information content (AvgIpc) is 3.06. The molecule has 0 fully saturated rings. The van der Waals surface area contributed by atoms with E-state index in [1.54, 1.807) is 43.2 Å². The minimum atomic E-state index is -0.327. The third kappa shape index (κ3) is 4.68. The predicted octanol–water partition coefficient (Wildman–Crippen LogP) is 3.91. The van der Waals surface area contributed by atoms with E-state index in [1.807, 2.05) is 19.1 Å². The Morgan fingerprint density at radius 2 is 1.71 bits per heavy atom. The number of nitrogens with one attached hydrogen (secondary N) is 1. The molecule has 0 aliphatic rings. The minimum Gasteiger partial charge on any atom is -0.497 e. The highest BCUT2D eigenvalue weighted by Gasteiger charge is 2.12. The van der Waals surface area contributed by atoms with Gasteiger partial charge < -0.3 is 14.8 Å². The van der Waals surface area contributed by atoms with Gasteiger partial charge in [-0.2, -0.15) is 5.10 Å². The van der Waals surface area contributed by atoms with E-state index in [-0.39, 0.29) is 18.1 Å². The number of nitrogens with zero attached hydrogens (tertiary/aromatic N) is 2. The molecule has 0 saturated heterocycles. The summed E-state index contributed by atoms with van der Waals surface area (Å²) in [5.41, 5.74) is 2.36. The summed E-state index contributed by atoms with van der Waals surface area (Å²) < 4.78 is 25.3. The summed E-state index contributed by atoms with van der Waals surface area (Å²) in [6.45, 7) is 1.83. The smallest absolute Gasteiger partial charge is 0.225 e. The molecule has 6 nitrogen and oxygen atoms in total. The molecule has 0 bridgehead atoms. The number of hydrogen-bond donors (Lipinski definition) is 1. The van der Waals surface area contributed by atoms with Gasteiger partial charge in [0.15, 0.2) is 0 Å². The molecule has 0 spiro atoms. The van der Waals surface area contributed by atoms with Gasteiger partial charge in [0, 0.05) is 18.6 Å². The lowest BCUT2D eigenvalue weighted by atomic mass is 10.1. The fraction of sp³-hybridized carbons (Fsp3) is 0.238. The van der Waals surface area contributed by atoms with Crippen molar-refractivity contribution in [2.45, 2.75) is 19.8 Å². The summed E-state index contributed by atoms with van der Waals surface area (Å²) in [5, 5.41) is 7.25. The van der Waals surface area contributed by atoms with Crippen LogP contribution in [0.5, 0.6) is 11.5 Å². The Kier molecular flexibility index (Phi) is 5.93. The number of aryl methyl sites for hydroxylation is 2. The van der Waals surface area contributed by atoms with Crippen LogP contribution in [0.3, 0.4) is 0 Å². The summed E-state index contributed by atoms with van der Waals surface area (Å²) in [6, 6.07) is 13.2. The molecule has 0 radical (unpaired) electrons. The number of amides is 1. The minimum absolute atomic E-state index is 0.148. The monoisotopic (exact) mass is 383 g/mol. The Labute approximate surface area is 162 Å². The van der Waals surface area contributed by atoms with E-state index < -0.39 is 0 Å². The first-order valence-electron chi connectivity index (χ1n) is 8.83. The van der Waals surface area contributed by atoms with E-state index >= 15 is 0 Å². The van der Waals surface area contributed by atoms with Crippen molar-refractivity contribution < 1.29 is 18.7 Å². The van der Waals surface area contributed by atoms with E-state index in [0.717, 1.165) is 11.3 Å². The van der Waals surface area contributed by atoms with Gasteiger partial charge in [-0.3, -0.25) is 4.79 Å². The molecule has 0 aliphatic heterocycles. The number of anilines is 1. The second-order valence-corrected chi connectivity index (χ2v) is 6.33. The maximum Gasteiger partial charge on any atom is 0.225 e. The lowest BCUT2D eigenvalue weighted by Gasteiger charge is -2.10. The van der Waals surface area contributed by atoms with Crippen molar-refractivity contribution in [3.8, 4) is 17.2 Å². The molecular formula is C21H22FN3O3. The summed E-state index contributed by atoms with van der Waals surface area (Å²) in [4.78, 5) is 12.5. The number of carbonyl (C=O) groups excluding carboxylic acids is 1. The molecule has 146 valence electrons. The normalized spacial score (nSPS) is 10.6. The molecule has 2 aromatic carbocycles. The van der Waals surface area contributed by atoms with Crippen LogP contribution in [0.1, 0.15) is 17.7 Å². The van der Waals surface area contributed by atoms with Crippen molar-refractivity contribution in [2.75, 3.05) is 19.5 Å². The third-order valence-electron chi connectivity index (χ3n) is 4.22. The highest BCUT2D eigenvalue weighted by atomic mass is 19.1. The number of ether oxygens (including phenoxy) is 2. The number of benzene rings is 2. The summed E-state index contributed by atoms with van der Waals surface area (Å²) in [7, 11) is 3.17. The molecule has 1 aromatic heterocycles. The molecule has 3 aromatic rings. The molecule has 1 heterocycles. The highest BCUT2D eigenvalue weighted by Crippen LogP contribution is 2.23. The zero-order chi connectivity index (χ0) is 20.1. The van der Waals surface area contributed by atoms with Gasteiger partial charge >= 0.3 is 0 Å². The Balaban J connectivity index is 1.70. The van der Waals surface area contributed by atoms with Crippen molar-refractivity contribution in [2.24, 2.45) is 0 Å². The van der Waals surface area contributed by atoms with Gasteiger partial charge in [-0.25, -0.2) is 9.07 Å². The van der Waals surface area contributed by atoms with Gasteiger partial charge in [0.25, 0.3) is 0 Å². The Morgan fingerprint density at radius 3 is 2.32 bits per heavy atom. The fourth-order valence-corrected chi connectivity index (χ4v) is 2.84. The first-order chi connectivity index (χ1) is 13.5. The van der Waals surface area contributed by atoms with Crippen molar-refractivity contribution in [1.29, 1.82) is 0 Å². The molecule has 0 aliphatic carbocycles. The molecule has 0 unspecified atom stereocenters. The quantitative estimate of drug-likeness (QED) is 0.672. The topological polar surface area (TPSA) is 65.4 Å². The molecular weight excluding hydrogens is 361 g/mol. The van der Waals surface area contributed by atoms with E-state index in [0.29, 0.717) is 29.4 Å². The lowest BCUT2D eigenvalue weighted by Crippen LogP contribution is -2.15. The van der Waals surface area contributed by atoms with Crippen LogP contribution in [0.4, 0.5) is 10.2 Å². The molecule has 3 rings (SSSR count). The van der Waals surface area contributed by atoms with Gasteiger partial charge in [0.1, 0.15) is 23.1 Å². The summed E-state index contributed by atoms with van der Waals surface area (Å²) in [5.74, 6) is 1.42. The van der Waals surface area contributed by atoms with Crippen molar-refractivity contribution in [3.63, 3.8) is 0 Å². The lowest BCUT2D eigenvalue weighted by molar-refractivity contribution is -0.116. The maximum absolute atomic E-state index is 13.2. The molecule has 28 heavy (non-hydrogen) atoms. The fourth-order valence-electron chi connectivity index (χ4n) is 2.84. The summed E-state index contributed by atoms with van der Waals surface area (Å²) >= 11 is 0. The predicted molar refractivity (Wildman–Crippen MR) is 105 cm³/mol. The number of halogens is 1. The zero-order valence-electron chi connectivity index (χ0n) is 16.0. The number of methoxy groups -OCH3 is 2. The van der Waals surface area contributed by atoms with Gasteiger partial charge in [-0.1, -0.05) is 0 Å². The van der Waals surface area contributed by atoms with Crippen molar-refractivity contribution in [1.82, 2.24) is 9.78 Å². The van der Waals surface area contributed by atoms with Gasteiger partial charge in [0.2, 0.25) is 5.91 Å². The standard InChI is InChI=1S/C21H22FN3O3/c1-14-10-20(25(24-14)17-7-5-16(22)6-8-17)23-21(26)9-4-15-11-18(27-2)13-19(12-15)28-3/h5-8,10-13H,4,9H2,1-3H3,(H,23,26). The van der Waals surface area contributed by atoms with Gasteiger partial charge in [-0.05, 0) is 55.3 Å². The SMILES string of the molecule is COc1cc(CCC(=O)Nc2cc(C)nn2-c2ccc(F)cc2)cc(OC)c1. The van der Waals surface area contributed by atoms with Crippen LogP contribution in [0, 0.1) is 12.7 Å². The van der Waals surface area contributed by atoms with Crippen LogP contribution in [0.25, 0.3) is 5.69 Å². The van der Waals surface area contributed by atoms with Crippen LogP contribution in [-0.2, 0) is 11.2 Å². The Morgan fingerprint density at radius 1 is 1.07 bits per heavy atom. The van der Waals surface area contributed by atoms with E-state index in [4.69, 9.17) is 9.47 Å². The van der Waals surface area contributed by atoms with Crippen LogP contribution >= 0.6 is 0 Å². The Hall–Kier alpha value is -3.35. The zero-order valence-corrected chi connectivity index (χ0v) is 16.0. The first kappa shape index (κ1) is 19.4. The second-order valence-electron chi connectivity index (χ2n) is 6.33. The highest BCUT2D eigenvalue weighted by molar-refractivity contribution is 5.90. The average molecular weight is 383 g/mol. The maximum atomic E-state index is 13.2. The van der Waals surface area contributed by atoms with Gasteiger partial charge in [0.05, 0.1) is 25.6 Å². The van der Waals surface area contributed by atoms with Crippen LogP contribution in [0.2, 0.25) is 0 Å². The number of carbonyl (C=O) groups is 1. The van der Waals surface area contributed by atoms with Crippen molar-refractivity contribution >= 4 is 11.7 Å². The van der Waals surface area contributed by atoms with Crippen LogP contribution in [0.15, 0.2) is 48.5 Å².